The van der Waals surface area contributed by atoms with E-state index in [1.54, 1.807) is 13.2 Å². The predicted octanol–water partition coefficient (Wildman–Crippen LogP) is 0.365. The molecule has 2 unspecified atom stereocenters. The van der Waals surface area contributed by atoms with E-state index in [-0.39, 0.29) is 21.7 Å². The molecule has 0 spiro atoms. The van der Waals surface area contributed by atoms with Crippen molar-refractivity contribution in [2.75, 3.05) is 19.9 Å². The molecular formula is C10H16N2O5S3. The van der Waals surface area contributed by atoms with Crippen molar-refractivity contribution in [2.45, 2.75) is 22.8 Å². The Bertz CT molecular complexity index is 596. The molecule has 0 fully saturated rings. The van der Waals surface area contributed by atoms with Crippen LogP contribution in [0.15, 0.2) is 9.72 Å². The number of ether oxygens (including phenoxy) is 1. The number of hydrogen-bond donors (Lipinski definition) is 1. The first kappa shape index (κ1) is 17.2. The predicted molar refractivity (Wildman–Crippen MR) is 76.8 cm³/mol. The average Bonchev–Trinajstić information content (AvgIpc) is 2.87. The number of aromatic nitrogens is 1. The van der Waals surface area contributed by atoms with E-state index < -0.39 is 26.8 Å². The van der Waals surface area contributed by atoms with Crippen LogP contribution in [0, 0.1) is 0 Å². The van der Waals surface area contributed by atoms with E-state index in [0.29, 0.717) is 6.42 Å². The van der Waals surface area contributed by atoms with Crippen molar-refractivity contribution >= 4 is 38.1 Å². The number of esters is 1. The Morgan fingerprint density at radius 2 is 2.25 bits per heavy atom. The summed E-state index contributed by atoms with van der Waals surface area (Å²) < 4.78 is 42.0. The highest BCUT2D eigenvalue weighted by Crippen LogP contribution is 2.20. The molecule has 0 amide bonds. The van der Waals surface area contributed by atoms with Crippen LogP contribution in [0.1, 0.15) is 23.8 Å². The van der Waals surface area contributed by atoms with Crippen LogP contribution in [-0.2, 0) is 25.6 Å². The van der Waals surface area contributed by atoms with Gasteiger partial charge in [-0.3, -0.25) is 4.21 Å². The van der Waals surface area contributed by atoms with Gasteiger partial charge in [-0.2, -0.15) is 0 Å². The molecule has 114 valence electrons. The SMILES string of the molecule is COC(=O)c1ncsc1S(=O)(=O)NCCC(C)S(C)=O. The minimum atomic E-state index is -3.82. The molecule has 0 saturated heterocycles. The van der Waals surface area contributed by atoms with Gasteiger partial charge in [0.25, 0.3) is 10.0 Å². The Morgan fingerprint density at radius 1 is 1.60 bits per heavy atom. The molecule has 2 atom stereocenters. The number of hydrogen-bond acceptors (Lipinski definition) is 7. The summed E-state index contributed by atoms with van der Waals surface area (Å²) in [5, 5.41) is -0.112. The quantitative estimate of drug-likeness (QED) is 0.719. The summed E-state index contributed by atoms with van der Waals surface area (Å²) in [5.74, 6) is -0.797. The zero-order valence-corrected chi connectivity index (χ0v) is 13.7. The number of rotatable bonds is 7. The molecule has 1 rings (SSSR count). The molecule has 0 aliphatic heterocycles. The highest BCUT2D eigenvalue weighted by Gasteiger charge is 2.26. The van der Waals surface area contributed by atoms with Gasteiger partial charge < -0.3 is 4.74 Å². The van der Waals surface area contributed by atoms with E-state index >= 15 is 0 Å². The summed E-state index contributed by atoms with van der Waals surface area (Å²) in [4.78, 5) is 15.1. The highest BCUT2D eigenvalue weighted by atomic mass is 32.2. The molecular weight excluding hydrogens is 324 g/mol. The number of carbonyl (C=O) groups excluding carboxylic acids is 1. The number of sulfonamides is 1. The molecule has 0 saturated carbocycles. The van der Waals surface area contributed by atoms with Crippen molar-refractivity contribution in [1.29, 1.82) is 0 Å². The summed E-state index contributed by atoms with van der Waals surface area (Å²) in [6, 6.07) is 0. The Kier molecular flexibility index (Phi) is 6.24. The van der Waals surface area contributed by atoms with E-state index in [1.807, 2.05) is 0 Å². The van der Waals surface area contributed by atoms with Crippen molar-refractivity contribution in [3.8, 4) is 0 Å². The second-order valence-corrected chi connectivity index (χ2v) is 8.59. The van der Waals surface area contributed by atoms with Crippen molar-refractivity contribution < 1.29 is 22.2 Å². The number of methoxy groups -OCH3 is 1. The van der Waals surface area contributed by atoms with Crippen LogP contribution in [0.3, 0.4) is 0 Å². The second kappa shape index (κ2) is 7.25. The van der Waals surface area contributed by atoms with Gasteiger partial charge in [0.05, 0.1) is 12.6 Å². The summed E-state index contributed by atoms with van der Waals surface area (Å²) in [6.45, 7) is 1.92. The lowest BCUT2D eigenvalue weighted by Crippen LogP contribution is -2.28. The molecule has 10 heteroatoms. The van der Waals surface area contributed by atoms with Crippen LogP contribution in [0.2, 0.25) is 0 Å². The standard InChI is InChI=1S/C10H16N2O5S3/c1-7(19(3)14)4-5-12-20(15,16)10-8(9(13)17-2)11-6-18-10/h6-7,12H,4-5H2,1-3H3. The first-order valence-corrected chi connectivity index (χ1v) is 9.61. The Balaban J connectivity index is 2.77. The molecule has 1 aromatic rings. The van der Waals surface area contributed by atoms with Crippen LogP contribution in [-0.4, -0.2) is 48.7 Å². The van der Waals surface area contributed by atoms with Gasteiger partial charge in [0.1, 0.15) is 0 Å². The lowest BCUT2D eigenvalue weighted by Gasteiger charge is -2.09. The highest BCUT2D eigenvalue weighted by molar-refractivity contribution is 7.91. The summed E-state index contributed by atoms with van der Waals surface area (Å²) in [7, 11) is -3.67. The fourth-order valence-electron chi connectivity index (χ4n) is 1.29. The largest absolute Gasteiger partial charge is 0.464 e. The van der Waals surface area contributed by atoms with Gasteiger partial charge in [0.15, 0.2) is 9.90 Å². The van der Waals surface area contributed by atoms with E-state index in [1.165, 1.54) is 5.51 Å². The van der Waals surface area contributed by atoms with Crippen LogP contribution in [0.25, 0.3) is 0 Å². The summed E-state index contributed by atoms with van der Waals surface area (Å²) >= 11 is 0.843. The Hall–Kier alpha value is -0.840. The lowest BCUT2D eigenvalue weighted by molar-refractivity contribution is 0.0590. The van der Waals surface area contributed by atoms with Crippen LogP contribution in [0.5, 0.6) is 0 Å². The fraction of sp³-hybridized carbons (Fsp3) is 0.600. The van der Waals surface area contributed by atoms with Gasteiger partial charge in [-0.1, -0.05) is 6.92 Å². The number of carbonyl (C=O) groups is 1. The van der Waals surface area contributed by atoms with E-state index in [2.05, 4.69) is 14.4 Å². The van der Waals surface area contributed by atoms with E-state index in [4.69, 9.17) is 0 Å². The smallest absolute Gasteiger partial charge is 0.358 e. The first-order valence-electron chi connectivity index (χ1n) is 5.63. The molecule has 0 aromatic carbocycles. The fourth-order valence-corrected chi connectivity index (χ4v) is 3.96. The minimum absolute atomic E-state index is 0.112. The molecule has 0 aliphatic rings. The summed E-state index contributed by atoms with van der Waals surface area (Å²) in [5.41, 5.74) is 1.04. The van der Waals surface area contributed by atoms with Crippen molar-refractivity contribution in [1.82, 2.24) is 9.71 Å². The topological polar surface area (TPSA) is 102 Å². The minimum Gasteiger partial charge on any atom is -0.464 e. The first-order chi connectivity index (χ1) is 9.29. The number of nitrogens with one attached hydrogen (secondary N) is 1. The molecule has 1 heterocycles. The second-order valence-electron chi connectivity index (χ2n) is 3.98. The third kappa shape index (κ3) is 4.33. The molecule has 1 N–H and O–H groups in total. The van der Waals surface area contributed by atoms with Gasteiger partial charge in [-0.05, 0) is 6.42 Å². The Morgan fingerprint density at radius 3 is 2.80 bits per heavy atom. The zero-order chi connectivity index (χ0) is 15.3. The molecule has 0 aliphatic carbocycles. The number of nitrogens with zero attached hydrogens (tertiary/aromatic N) is 1. The van der Waals surface area contributed by atoms with Gasteiger partial charge in [0.2, 0.25) is 0 Å². The summed E-state index contributed by atoms with van der Waals surface area (Å²) in [6.07, 6.45) is 2.01. The van der Waals surface area contributed by atoms with Gasteiger partial charge in [-0.15, -0.1) is 11.3 Å². The van der Waals surface area contributed by atoms with E-state index in [0.717, 1.165) is 18.4 Å². The average molecular weight is 340 g/mol. The molecule has 1 aromatic heterocycles. The molecule has 20 heavy (non-hydrogen) atoms. The van der Waals surface area contributed by atoms with Crippen LogP contribution < -0.4 is 4.72 Å². The van der Waals surface area contributed by atoms with Crippen molar-refractivity contribution in [3.05, 3.63) is 11.2 Å². The normalized spacial score (nSPS) is 14.8. The maximum absolute atomic E-state index is 12.1. The van der Waals surface area contributed by atoms with Crippen LogP contribution in [0.4, 0.5) is 0 Å². The van der Waals surface area contributed by atoms with Crippen molar-refractivity contribution in [2.24, 2.45) is 0 Å². The van der Waals surface area contributed by atoms with Gasteiger partial charge in [0, 0.05) is 28.9 Å². The van der Waals surface area contributed by atoms with E-state index in [9.17, 15) is 17.4 Å². The molecule has 7 nitrogen and oxygen atoms in total. The Labute approximate surface area is 124 Å². The third-order valence-corrected chi connectivity index (χ3v) is 6.77. The van der Waals surface area contributed by atoms with Gasteiger partial charge >= 0.3 is 5.97 Å². The van der Waals surface area contributed by atoms with Gasteiger partial charge in [-0.25, -0.2) is 22.9 Å². The number of thiazole rings is 1. The monoisotopic (exact) mass is 340 g/mol. The van der Waals surface area contributed by atoms with Crippen LogP contribution >= 0.6 is 11.3 Å². The zero-order valence-electron chi connectivity index (χ0n) is 11.3. The third-order valence-electron chi connectivity index (χ3n) is 2.57. The van der Waals surface area contributed by atoms with Crippen molar-refractivity contribution in [3.63, 3.8) is 0 Å². The molecule has 0 radical (unpaired) electrons. The maximum atomic E-state index is 12.1. The molecule has 0 bridgehead atoms. The maximum Gasteiger partial charge on any atom is 0.358 e. The lowest BCUT2D eigenvalue weighted by atomic mass is 10.3.